The maximum absolute atomic E-state index is 13.8. The smallest absolute Gasteiger partial charge is 0.244 e. The monoisotopic (exact) mass is 569 g/mol. The van der Waals surface area contributed by atoms with Crippen molar-refractivity contribution < 1.29 is 9.59 Å². The molecule has 0 fully saturated rings. The van der Waals surface area contributed by atoms with Gasteiger partial charge in [-0.05, 0) is 41.8 Å². The number of nitrogens with one attached hydrogen (secondary N) is 2. The normalized spacial score (nSPS) is 12.8. The highest BCUT2D eigenvalue weighted by atomic mass is 35.5. The first-order valence-corrected chi connectivity index (χ1v) is 14.0. The van der Waals surface area contributed by atoms with Gasteiger partial charge in [-0.15, -0.1) is 0 Å². The zero-order valence-corrected chi connectivity index (χ0v) is 24.1. The van der Waals surface area contributed by atoms with Gasteiger partial charge in [0.25, 0.3) is 0 Å². The lowest BCUT2D eigenvalue weighted by Gasteiger charge is -2.30. The maximum Gasteiger partial charge on any atom is 0.244 e. The van der Waals surface area contributed by atoms with E-state index in [1.807, 2.05) is 73.3 Å². The molecular formula is C33H36ClN5O2. The highest BCUT2D eigenvalue weighted by Crippen LogP contribution is 2.25. The van der Waals surface area contributed by atoms with E-state index in [9.17, 15) is 9.59 Å². The van der Waals surface area contributed by atoms with Crippen molar-refractivity contribution >= 4 is 29.5 Å². The van der Waals surface area contributed by atoms with E-state index in [0.29, 0.717) is 24.7 Å². The molecule has 1 heterocycles. The lowest BCUT2D eigenvalue weighted by atomic mass is 9.90. The standard InChI is InChI=1S/C33H36ClN5O2/c1-25(21-36-32(40)18-15-26-13-16-29(34)17-14-26)37-31(23-39-20-19-35-24-39)33(41)38(2)22-30(27-9-5-3-6-10-27)28-11-7-4-8-12-28/h3-20,24-25,30-31,37H,21-23H2,1-2H3,(H,36,40)/b18-15+/t25?,31-/m0/s1. The van der Waals surface area contributed by atoms with Gasteiger partial charge in [0.15, 0.2) is 0 Å². The summed E-state index contributed by atoms with van der Waals surface area (Å²) >= 11 is 5.93. The summed E-state index contributed by atoms with van der Waals surface area (Å²) < 4.78 is 1.88. The molecule has 4 rings (SSSR count). The largest absolute Gasteiger partial charge is 0.351 e. The average molecular weight is 570 g/mol. The van der Waals surface area contributed by atoms with Gasteiger partial charge < -0.3 is 20.1 Å². The zero-order chi connectivity index (χ0) is 29.0. The van der Waals surface area contributed by atoms with Crippen molar-refractivity contribution in [2.75, 3.05) is 20.1 Å². The number of aromatic nitrogens is 2. The summed E-state index contributed by atoms with van der Waals surface area (Å²) in [6.07, 6.45) is 8.47. The Morgan fingerprint density at radius 3 is 2.20 bits per heavy atom. The van der Waals surface area contributed by atoms with Crippen LogP contribution in [0.25, 0.3) is 6.08 Å². The van der Waals surface area contributed by atoms with Gasteiger partial charge in [-0.2, -0.15) is 0 Å². The van der Waals surface area contributed by atoms with Crippen molar-refractivity contribution in [3.63, 3.8) is 0 Å². The van der Waals surface area contributed by atoms with Gasteiger partial charge in [0, 0.05) is 62.1 Å². The number of benzene rings is 3. The van der Waals surface area contributed by atoms with Crippen molar-refractivity contribution in [3.05, 3.63) is 131 Å². The molecule has 7 nitrogen and oxygen atoms in total. The first kappa shape index (κ1) is 29.8. The summed E-state index contributed by atoms with van der Waals surface area (Å²) in [6, 6.07) is 27.1. The molecule has 0 spiro atoms. The summed E-state index contributed by atoms with van der Waals surface area (Å²) in [7, 11) is 1.85. The fraction of sp³-hybridized carbons (Fsp3) is 0.242. The van der Waals surface area contributed by atoms with Crippen LogP contribution in [0, 0.1) is 0 Å². The molecule has 1 aromatic heterocycles. The molecule has 4 aromatic rings. The van der Waals surface area contributed by atoms with Crippen LogP contribution in [0.3, 0.4) is 0 Å². The van der Waals surface area contributed by atoms with E-state index in [1.54, 1.807) is 35.6 Å². The minimum absolute atomic E-state index is 0.0311. The molecule has 0 saturated carbocycles. The molecule has 41 heavy (non-hydrogen) atoms. The SMILES string of the molecule is CC(CNC(=O)/C=C/c1ccc(Cl)cc1)N[C@@H](Cn1ccnc1)C(=O)N(C)CC(c1ccccc1)c1ccccc1. The van der Waals surface area contributed by atoms with Gasteiger partial charge in [0.2, 0.25) is 11.8 Å². The van der Waals surface area contributed by atoms with Crippen LogP contribution in [0.4, 0.5) is 0 Å². The molecule has 0 aliphatic heterocycles. The van der Waals surface area contributed by atoms with E-state index in [-0.39, 0.29) is 23.8 Å². The van der Waals surface area contributed by atoms with Crippen molar-refractivity contribution in [2.24, 2.45) is 0 Å². The average Bonchev–Trinajstić information content (AvgIpc) is 3.52. The van der Waals surface area contributed by atoms with Crippen LogP contribution in [0.2, 0.25) is 5.02 Å². The van der Waals surface area contributed by atoms with Gasteiger partial charge in [0.05, 0.1) is 6.33 Å². The summed E-state index contributed by atoms with van der Waals surface area (Å²) in [4.78, 5) is 32.2. The summed E-state index contributed by atoms with van der Waals surface area (Å²) in [5, 5.41) is 6.99. The van der Waals surface area contributed by atoms with E-state index in [4.69, 9.17) is 11.6 Å². The molecule has 0 radical (unpaired) electrons. The summed E-state index contributed by atoms with van der Waals surface area (Å²) in [5.74, 6) is -0.211. The van der Waals surface area contributed by atoms with Crippen LogP contribution in [0.5, 0.6) is 0 Å². The highest BCUT2D eigenvalue weighted by Gasteiger charge is 2.27. The number of amides is 2. The molecule has 8 heteroatoms. The molecule has 0 saturated heterocycles. The van der Waals surface area contributed by atoms with E-state index in [0.717, 1.165) is 16.7 Å². The Morgan fingerprint density at radius 2 is 1.61 bits per heavy atom. The minimum Gasteiger partial charge on any atom is -0.351 e. The predicted octanol–water partition coefficient (Wildman–Crippen LogP) is 5.00. The van der Waals surface area contributed by atoms with E-state index in [1.165, 1.54) is 6.08 Å². The van der Waals surface area contributed by atoms with Gasteiger partial charge >= 0.3 is 0 Å². The lowest BCUT2D eigenvalue weighted by Crippen LogP contribution is -2.53. The summed E-state index contributed by atoms with van der Waals surface area (Å²) in [5.41, 5.74) is 3.19. The number of halogens is 1. The van der Waals surface area contributed by atoms with Crippen LogP contribution in [-0.2, 0) is 16.1 Å². The van der Waals surface area contributed by atoms with E-state index < -0.39 is 6.04 Å². The Labute approximate surface area is 246 Å². The van der Waals surface area contributed by atoms with E-state index in [2.05, 4.69) is 39.9 Å². The second kappa shape index (κ2) is 15.0. The number of carbonyl (C=O) groups excluding carboxylic acids is 2. The predicted molar refractivity (Wildman–Crippen MR) is 164 cm³/mol. The van der Waals surface area contributed by atoms with Crippen LogP contribution in [-0.4, -0.2) is 58.5 Å². The molecule has 0 bridgehead atoms. The molecule has 2 N–H and O–H groups in total. The second-order valence-corrected chi connectivity index (χ2v) is 10.5. The van der Waals surface area contributed by atoms with Crippen LogP contribution >= 0.6 is 11.6 Å². The Morgan fingerprint density at radius 1 is 0.976 bits per heavy atom. The molecular weight excluding hydrogens is 534 g/mol. The third-order valence-electron chi connectivity index (χ3n) is 6.85. The van der Waals surface area contributed by atoms with Gasteiger partial charge in [-0.25, -0.2) is 4.98 Å². The van der Waals surface area contributed by atoms with Crippen molar-refractivity contribution in [1.82, 2.24) is 25.1 Å². The molecule has 0 aliphatic rings. The fourth-order valence-electron chi connectivity index (χ4n) is 4.67. The number of hydrogen-bond donors (Lipinski definition) is 2. The first-order chi connectivity index (χ1) is 19.9. The highest BCUT2D eigenvalue weighted by molar-refractivity contribution is 6.30. The Hall–Kier alpha value is -4.20. The fourth-order valence-corrected chi connectivity index (χ4v) is 4.80. The molecule has 3 aromatic carbocycles. The minimum atomic E-state index is -0.516. The van der Waals surface area contributed by atoms with Crippen molar-refractivity contribution in [1.29, 1.82) is 0 Å². The number of nitrogens with zero attached hydrogens (tertiary/aromatic N) is 3. The van der Waals surface area contributed by atoms with Crippen LogP contribution in [0.1, 0.15) is 29.5 Å². The number of hydrogen-bond acceptors (Lipinski definition) is 4. The Bertz CT molecular complexity index is 1350. The molecule has 212 valence electrons. The van der Waals surface area contributed by atoms with Crippen LogP contribution in [0.15, 0.2) is 110 Å². The number of carbonyl (C=O) groups is 2. The lowest BCUT2D eigenvalue weighted by molar-refractivity contribution is -0.132. The van der Waals surface area contributed by atoms with Gasteiger partial charge in [-0.1, -0.05) is 84.4 Å². The van der Waals surface area contributed by atoms with Gasteiger partial charge in [-0.3, -0.25) is 9.59 Å². The summed E-state index contributed by atoms with van der Waals surface area (Å²) in [6.45, 7) is 3.25. The number of likely N-dealkylation sites (N-methyl/N-ethyl adjacent to an activating group) is 1. The van der Waals surface area contributed by atoms with Gasteiger partial charge in [0.1, 0.15) is 6.04 Å². The molecule has 0 aliphatic carbocycles. The third kappa shape index (κ3) is 9.17. The maximum atomic E-state index is 13.8. The third-order valence-corrected chi connectivity index (χ3v) is 7.10. The molecule has 1 unspecified atom stereocenters. The topological polar surface area (TPSA) is 79.3 Å². The van der Waals surface area contributed by atoms with Crippen molar-refractivity contribution in [2.45, 2.75) is 31.5 Å². The Kier molecular flexibility index (Phi) is 10.9. The van der Waals surface area contributed by atoms with E-state index >= 15 is 0 Å². The molecule has 2 amide bonds. The van der Waals surface area contributed by atoms with Crippen molar-refractivity contribution in [3.8, 4) is 0 Å². The quantitative estimate of drug-likeness (QED) is 0.222. The Balaban J connectivity index is 1.41. The molecule has 2 atom stereocenters. The first-order valence-electron chi connectivity index (χ1n) is 13.7. The number of imidazole rings is 1. The zero-order valence-electron chi connectivity index (χ0n) is 23.4. The number of rotatable bonds is 13. The van der Waals surface area contributed by atoms with Crippen LogP contribution < -0.4 is 10.6 Å². The second-order valence-electron chi connectivity index (χ2n) is 10.1.